The van der Waals surface area contributed by atoms with Gasteiger partial charge in [-0.05, 0) is 57.6 Å². The molecule has 0 spiro atoms. The number of anilines is 1. The minimum atomic E-state index is 0.320. The Morgan fingerprint density at radius 2 is 1.86 bits per heavy atom. The van der Waals surface area contributed by atoms with E-state index < -0.39 is 0 Å². The molecule has 2 fully saturated rings. The van der Waals surface area contributed by atoms with Gasteiger partial charge in [0.1, 0.15) is 5.82 Å². The van der Waals surface area contributed by atoms with Crippen molar-refractivity contribution in [2.75, 3.05) is 38.9 Å². The number of nitrogens with zero attached hydrogens (tertiary/aromatic N) is 6. The highest BCUT2D eigenvalue weighted by atomic mass is 16.5. The number of nitrogens with one attached hydrogen (secondary N) is 1. The number of ether oxygens (including phenoxy) is 3. The van der Waals surface area contributed by atoms with Crippen molar-refractivity contribution in [2.45, 2.75) is 63.6 Å². The molecule has 0 amide bonds. The van der Waals surface area contributed by atoms with Crippen LogP contribution in [0.1, 0.15) is 50.4 Å². The van der Waals surface area contributed by atoms with Crippen molar-refractivity contribution in [2.24, 2.45) is 0 Å². The number of rotatable bonds is 8. The molecule has 4 aromatic heterocycles. The number of hydrogen-bond acceptors (Lipinski definition) is 8. The quantitative estimate of drug-likeness (QED) is 0.356. The van der Waals surface area contributed by atoms with E-state index in [0.29, 0.717) is 37.3 Å². The monoisotopic (exact) mass is 505 g/mol. The number of aryl methyl sites for hydroxylation is 1. The second-order valence-corrected chi connectivity index (χ2v) is 10.1. The molecule has 1 saturated carbocycles. The van der Waals surface area contributed by atoms with Crippen LogP contribution in [-0.2, 0) is 14.2 Å². The molecule has 1 aliphatic carbocycles. The van der Waals surface area contributed by atoms with Gasteiger partial charge in [-0.25, -0.2) is 19.5 Å². The van der Waals surface area contributed by atoms with Gasteiger partial charge in [0.05, 0.1) is 36.5 Å². The Balaban J connectivity index is 1.19. The fraction of sp³-hybridized carbons (Fsp3) is 0.556. The lowest BCUT2D eigenvalue weighted by Gasteiger charge is -2.29. The molecule has 5 heterocycles. The van der Waals surface area contributed by atoms with Crippen LogP contribution in [0.3, 0.4) is 0 Å². The molecule has 37 heavy (non-hydrogen) atoms. The zero-order valence-electron chi connectivity index (χ0n) is 21.6. The van der Waals surface area contributed by atoms with E-state index in [4.69, 9.17) is 29.3 Å². The predicted octanol–water partition coefficient (Wildman–Crippen LogP) is 4.19. The molecule has 1 saturated heterocycles. The highest BCUT2D eigenvalue weighted by Gasteiger charge is 2.23. The normalized spacial score (nSPS) is 21.1. The first kappa shape index (κ1) is 24.3. The van der Waals surface area contributed by atoms with Crippen LogP contribution in [0.25, 0.3) is 27.8 Å². The fourth-order valence-corrected chi connectivity index (χ4v) is 5.71. The van der Waals surface area contributed by atoms with Crippen LogP contribution in [0.15, 0.2) is 30.7 Å². The van der Waals surface area contributed by atoms with Gasteiger partial charge in [-0.15, -0.1) is 5.10 Å². The third-order valence-corrected chi connectivity index (χ3v) is 7.66. The van der Waals surface area contributed by atoms with E-state index in [0.717, 1.165) is 85.4 Å². The van der Waals surface area contributed by atoms with Gasteiger partial charge >= 0.3 is 0 Å². The van der Waals surface area contributed by atoms with Crippen molar-refractivity contribution < 1.29 is 14.2 Å². The van der Waals surface area contributed by atoms with E-state index in [1.165, 1.54) is 0 Å². The summed E-state index contributed by atoms with van der Waals surface area (Å²) in [6, 6.07) is 5.04. The van der Waals surface area contributed by atoms with Crippen LogP contribution in [0.2, 0.25) is 0 Å². The van der Waals surface area contributed by atoms with Gasteiger partial charge in [-0.1, -0.05) is 0 Å². The zero-order valence-corrected chi connectivity index (χ0v) is 21.6. The van der Waals surface area contributed by atoms with Crippen molar-refractivity contribution in [1.82, 2.24) is 29.1 Å². The summed E-state index contributed by atoms with van der Waals surface area (Å²) >= 11 is 0. The number of imidazole rings is 1. The Morgan fingerprint density at radius 1 is 1.03 bits per heavy atom. The van der Waals surface area contributed by atoms with Crippen molar-refractivity contribution in [3.8, 4) is 11.1 Å². The number of methoxy groups -OCH3 is 1. The lowest BCUT2D eigenvalue weighted by molar-refractivity contribution is -0.00158. The molecule has 1 aliphatic heterocycles. The summed E-state index contributed by atoms with van der Waals surface area (Å²) in [6.07, 6.45) is 12.3. The van der Waals surface area contributed by atoms with Gasteiger partial charge in [0.25, 0.3) is 0 Å². The lowest BCUT2D eigenvalue weighted by Crippen LogP contribution is -2.31. The van der Waals surface area contributed by atoms with Crippen molar-refractivity contribution >= 4 is 22.6 Å². The van der Waals surface area contributed by atoms with Gasteiger partial charge in [0, 0.05) is 55.9 Å². The van der Waals surface area contributed by atoms with E-state index in [1.807, 2.05) is 23.1 Å². The van der Waals surface area contributed by atoms with E-state index >= 15 is 0 Å². The van der Waals surface area contributed by atoms with Gasteiger partial charge < -0.3 is 24.1 Å². The average Bonchev–Trinajstić information content (AvgIpc) is 3.49. The largest absolute Gasteiger partial charge is 0.382 e. The lowest BCUT2D eigenvalue weighted by atomic mass is 9.93. The SMILES string of the molecule is COCCOC1CCC(Nc2ncc3c(-c4cnc5nc(C)n(C6CCOCC6)c5c4)ccn3n2)CC1. The summed E-state index contributed by atoms with van der Waals surface area (Å²) in [5, 5.41) is 8.27. The summed E-state index contributed by atoms with van der Waals surface area (Å²) in [6.45, 7) is 4.95. The Bertz CT molecular complexity index is 1350. The molecule has 2 aliphatic rings. The third-order valence-electron chi connectivity index (χ3n) is 7.66. The maximum absolute atomic E-state index is 5.89. The third kappa shape index (κ3) is 5.05. The molecule has 0 bridgehead atoms. The molecule has 0 atom stereocenters. The summed E-state index contributed by atoms with van der Waals surface area (Å²) < 4.78 is 20.8. The van der Waals surface area contributed by atoms with E-state index in [9.17, 15) is 0 Å². The molecule has 196 valence electrons. The second kappa shape index (κ2) is 10.7. The first-order valence-corrected chi connectivity index (χ1v) is 13.3. The molecule has 6 rings (SSSR count). The number of hydrogen-bond donors (Lipinski definition) is 1. The Kier molecular flexibility index (Phi) is 7.04. The zero-order chi connectivity index (χ0) is 25.2. The van der Waals surface area contributed by atoms with E-state index in [1.54, 1.807) is 7.11 Å². The molecule has 0 unspecified atom stereocenters. The standard InChI is InChI=1S/C27H35N7O3/c1-18-30-26-24(34(18)21-8-11-36-12-9-21)15-19(16-28-26)23-7-10-33-25(23)17-29-27(32-33)31-20-3-5-22(6-4-20)37-14-13-35-2/h7,10,15-17,20-22H,3-6,8-9,11-14H2,1-2H3,(H,31,32). The van der Waals surface area contributed by atoms with Gasteiger partial charge in [0.2, 0.25) is 5.95 Å². The fourth-order valence-electron chi connectivity index (χ4n) is 5.71. The molecular formula is C27H35N7O3. The van der Waals surface area contributed by atoms with Gasteiger partial charge in [-0.3, -0.25) is 0 Å². The smallest absolute Gasteiger partial charge is 0.241 e. The maximum Gasteiger partial charge on any atom is 0.241 e. The Labute approximate surface area is 216 Å². The number of pyridine rings is 1. The highest BCUT2D eigenvalue weighted by Crippen LogP contribution is 2.32. The second-order valence-electron chi connectivity index (χ2n) is 10.1. The molecule has 0 radical (unpaired) electrons. The summed E-state index contributed by atoms with van der Waals surface area (Å²) in [5.41, 5.74) is 4.92. The van der Waals surface area contributed by atoms with Crippen LogP contribution >= 0.6 is 0 Å². The summed E-state index contributed by atoms with van der Waals surface area (Å²) in [7, 11) is 1.70. The van der Waals surface area contributed by atoms with Crippen molar-refractivity contribution in [3.63, 3.8) is 0 Å². The van der Waals surface area contributed by atoms with Crippen LogP contribution in [-0.4, -0.2) is 74.8 Å². The maximum atomic E-state index is 5.89. The summed E-state index contributed by atoms with van der Waals surface area (Å²) in [4.78, 5) is 14.1. The summed E-state index contributed by atoms with van der Waals surface area (Å²) in [5.74, 6) is 1.66. The Hall–Kier alpha value is -3.08. The average molecular weight is 506 g/mol. The number of fused-ring (bicyclic) bond motifs is 2. The van der Waals surface area contributed by atoms with Crippen molar-refractivity contribution in [1.29, 1.82) is 0 Å². The van der Waals surface area contributed by atoms with E-state index in [2.05, 4.69) is 33.9 Å². The van der Waals surface area contributed by atoms with Gasteiger partial charge in [-0.2, -0.15) is 0 Å². The van der Waals surface area contributed by atoms with Crippen LogP contribution in [0.4, 0.5) is 5.95 Å². The van der Waals surface area contributed by atoms with Gasteiger partial charge in [0.15, 0.2) is 5.65 Å². The molecule has 10 heteroatoms. The molecular weight excluding hydrogens is 470 g/mol. The van der Waals surface area contributed by atoms with Crippen LogP contribution in [0.5, 0.6) is 0 Å². The van der Waals surface area contributed by atoms with Crippen molar-refractivity contribution in [3.05, 3.63) is 36.5 Å². The molecule has 1 N–H and O–H groups in total. The molecule has 4 aromatic rings. The first-order valence-electron chi connectivity index (χ1n) is 13.3. The topological polar surface area (TPSA) is 101 Å². The minimum Gasteiger partial charge on any atom is -0.382 e. The number of aromatic nitrogens is 6. The molecule has 10 nitrogen and oxygen atoms in total. The predicted molar refractivity (Wildman–Crippen MR) is 141 cm³/mol. The van der Waals surface area contributed by atoms with Crippen LogP contribution < -0.4 is 5.32 Å². The minimum absolute atomic E-state index is 0.320. The Morgan fingerprint density at radius 3 is 2.68 bits per heavy atom. The molecule has 0 aromatic carbocycles. The van der Waals surface area contributed by atoms with E-state index in [-0.39, 0.29) is 0 Å². The van der Waals surface area contributed by atoms with Crippen LogP contribution in [0, 0.1) is 6.92 Å². The first-order chi connectivity index (χ1) is 18.2. The highest BCUT2D eigenvalue weighted by molar-refractivity contribution is 5.85.